The van der Waals surface area contributed by atoms with Crippen LogP contribution in [0.15, 0.2) is 10.4 Å². The molecule has 1 aliphatic heterocycles. The molecule has 1 fully saturated rings. The Kier molecular flexibility index (Phi) is 9.66. The van der Waals surface area contributed by atoms with Gasteiger partial charge in [0.05, 0.1) is 5.69 Å². The number of aromatic nitrogens is 1. The fourth-order valence-electron chi connectivity index (χ4n) is 2.77. The van der Waals surface area contributed by atoms with Crippen molar-refractivity contribution in [3.8, 4) is 0 Å². The van der Waals surface area contributed by atoms with Gasteiger partial charge in [0, 0.05) is 57.7 Å². The van der Waals surface area contributed by atoms with Gasteiger partial charge < -0.3 is 20.3 Å². The van der Waals surface area contributed by atoms with E-state index in [-0.39, 0.29) is 0 Å². The maximum atomic E-state index is 5.35. The van der Waals surface area contributed by atoms with Gasteiger partial charge in [0.1, 0.15) is 0 Å². The first kappa shape index (κ1) is 20.0. The van der Waals surface area contributed by atoms with Gasteiger partial charge in [0.25, 0.3) is 0 Å². The first-order chi connectivity index (χ1) is 12.3. The Morgan fingerprint density at radius 1 is 1.28 bits per heavy atom. The molecule has 2 rings (SSSR count). The van der Waals surface area contributed by atoms with Crippen molar-refractivity contribution in [2.75, 3.05) is 50.8 Å². The monoisotopic (exact) mass is 367 g/mol. The molecule has 0 amide bonds. The maximum Gasteiger partial charge on any atom is 0.191 e. The fourth-order valence-corrected chi connectivity index (χ4v) is 3.68. The second-order valence-electron chi connectivity index (χ2n) is 6.16. The van der Waals surface area contributed by atoms with Gasteiger partial charge in [-0.05, 0) is 39.5 Å². The Bertz CT molecular complexity index is 499. The molecule has 0 unspecified atom stereocenters. The smallest absolute Gasteiger partial charge is 0.191 e. The molecule has 6 nitrogen and oxygen atoms in total. The largest absolute Gasteiger partial charge is 0.382 e. The number of nitrogens with zero attached hydrogens (tertiary/aromatic N) is 3. The molecule has 7 heteroatoms. The minimum atomic E-state index is 0.795. The second-order valence-corrected chi connectivity index (χ2v) is 6.99. The van der Waals surface area contributed by atoms with Gasteiger partial charge in [-0.15, -0.1) is 11.3 Å². The zero-order chi connectivity index (χ0) is 17.7. The first-order valence-corrected chi connectivity index (χ1v) is 10.5. The second kappa shape index (κ2) is 12.1. The number of aliphatic imine (C=N–C) groups is 1. The number of hydrogen-bond donors (Lipinski definition) is 2. The topological polar surface area (TPSA) is 61.8 Å². The van der Waals surface area contributed by atoms with Crippen LogP contribution >= 0.6 is 11.3 Å². The standard InChI is InChI=1S/C18H33N5OS/c1-3-19-17(20-10-5-8-14-24-4-2)21-11-9-16-15-25-18(22-16)23-12-6-7-13-23/h15H,3-14H2,1-2H3,(H2,19,20,21). The van der Waals surface area contributed by atoms with E-state index in [0.29, 0.717) is 0 Å². The van der Waals surface area contributed by atoms with E-state index in [1.165, 1.54) is 23.7 Å². The molecule has 2 heterocycles. The normalized spacial score (nSPS) is 15.0. The Labute approximate surface area is 156 Å². The molecule has 0 spiro atoms. The molecule has 1 aliphatic rings. The van der Waals surface area contributed by atoms with Gasteiger partial charge in [-0.25, -0.2) is 4.98 Å². The Morgan fingerprint density at radius 2 is 2.12 bits per heavy atom. The predicted octanol–water partition coefficient (Wildman–Crippen LogP) is 2.66. The molecule has 0 bridgehead atoms. The fraction of sp³-hybridized carbons (Fsp3) is 0.778. The molecular formula is C18H33N5OS. The summed E-state index contributed by atoms with van der Waals surface area (Å²) >= 11 is 1.77. The number of unbranched alkanes of at least 4 members (excludes halogenated alkanes) is 1. The molecule has 0 radical (unpaired) electrons. The van der Waals surface area contributed by atoms with Crippen LogP contribution in [0.5, 0.6) is 0 Å². The average molecular weight is 368 g/mol. The number of guanidine groups is 1. The van der Waals surface area contributed by atoms with E-state index in [4.69, 9.17) is 9.72 Å². The number of anilines is 1. The van der Waals surface area contributed by atoms with Crippen LogP contribution in [-0.4, -0.2) is 56.9 Å². The summed E-state index contributed by atoms with van der Waals surface area (Å²) in [6.45, 7) is 10.6. The molecule has 0 atom stereocenters. The molecule has 2 N–H and O–H groups in total. The Morgan fingerprint density at radius 3 is 2.88 bits per heavy atom. The summed E-state index contributed by atoms with van der Waals surface area (Å²) < 4.78 is 5.35. The third-order valence-electron chi connectivity index (χ3n) is 4.10. The lowest BCUT2D eigenvalue weighted by atomic mass is 10.3. The summed E-state index contributed by atoms with van der Waals surface area (Å²) in [6.07, 6.45) is 5.64. The lowest BCUT2D eigenvalue weighted by Gasteiger charge is -2.12. The van der Waals surface area contributed by atoms with Crippen LogP contribution in [0.1, 0.15) is 45.2 Å². The highest BCUT2D eigenvalue weighted by atomic mass is 32.1. The molecule has 1 aromatic heterocycles. The highest BCUT2D eigenvalue weighted by Crippen LogP contribution is 2.24. The van der Waals surface area contributed by atoms with E-state index < -0.39 is 0 Å². The lowest BCUT2D eigenvalue weighted by Crippen LogP contribution is -2.38. The SMILES string of the molecule is CCNC(=NCCCCOCC)NCCc1csc(N2CCCC2)n1. The van der Waals surface area contributed by atoms with Gasteiger partial charge in [-0.1, -0.05) is 0 Å². The van der Waals surface area contributed by atoms with Crippen molar-refractivity contribution in [2.24, 2.45) is 4.99 Å². The van der Waals surface area contributed by atoms with Gasteiger partial charge >= 0.3 is 0 Å². The van der Waals surface area contributed by atoms with Crippen molar-refractivity contribution in [1.29, 1.82) is 0 Å². The van der Waals surface area contributed by atoms with Crippen molar-refractivity contribution in [2.45, 2.75) is 46.0 Å². The Hall–Kier alpha value is -1.34. The van der Waals surface area contributed by atoms with Crippen LogP contribution in [0.2, 0.25) is 0 Å². The first-order valence-electron chi connectivity index (χ1n) is 9.62. The number of ether oxygens (including phenoxy) is 1. The van der Waals surface area contributed by atoms with E-state index >= 15 is 0 Å². The average Bonchev–Trinajstić information content (AvgIpc) is 3.29. The predicted molar refractivity (Wildman–Crippen MR) is 107 cm³/mol. The molecule has 1 aromatic rings. The minimum Gasteiger partial charge on any atom is -0.382 e. The number of hydrogen-bond acceptors (Lipinski definition) is 5. The summed E-state index contributed by atoms with van der Waals surface area (Å²) in [5.41, 5.74) is 1.17. The van der Waals surface area contributed by atoms with Crippen molar-refractivity contribution < 1.29 is 4.74 Å². The maximum absolute atomic E-state index is 5.35. The number of rotatable bonds is 11. The minimum absolute atomic E-state index is 0.795. The van der Waals surface area contributed by atoms with Gasteiger partial charge in [-0.2, -0.15) is 0 Å². The lowest BCUT2D eigenvalue weighted by molar-refractivity contribution is 0.144. The van der Waals surface area contributed by atoms with Gasteiger partial charge in [-0.3, -0.25) is 4.99 Å². The third-order valence-corrected chi connectivity index (χ3v) is 5.06. The quantitative estimate of drug-likeness (QED) is 0.358. The van der Waals surface area contributed by atoms with Crippen LogP contribution in [0.3, 0.4) is 0 Å². The molecule has 1 saturated heterocycles. The number of nitrogens with one attached hydrogen (secondary N) is 2. The summed E-state index contributed by atoms with van der Waals surface area (Å²) in [5.74, 6) is 0.897. The van der Waals surface area contributed by atoms with Crippen LogP contribution in [0.4, 0.5) is 5.13 Å². The molecule has 0 aliphatic carbocycles. The van der Waals surface area contributed by atoms with Crippen molar-refractivity contribution in [3.63, 3.8) is 0 Å². The zero-order valence-electron chi connectivity index (χ0n) is 15.7. The van der Waals surface area contributed by atoms with Crippen LogP contribution in [-0.2, 0) is 11.2 Å². The van der Waals surface area contributed by atoms with Gasteiger partial charge in [0.2, 0.25) is 0 Å². The van der Waals surface area contributed by atoms with E-state index in [1.807, 2.05) is 6.92 Å². The third kappa shape index (κ3) is 7.61. The van der Waals surface area contributed by atoms with Crippen LogP contribution in [0.25, 0.3) is 0 Å². The molecule has 0 saturated carbocycles. The molecular weight excluding hydrogens is 334 g/mol. The summed E-state index contributed by atoms with van der Waals surface area (Å²) in [6, 6.07) is 0. The highest BCUT2D eigenvalue weighted by molar-refractivity contribution is 7.13. The molecule has 142 valence electrons. The molecule has 0 aromatic carbocycles. The van der Waals surface area contributed by atoms with Crippen molar-refractivity contribution >= 4 is 22.4 Å². The van der Waals surface area contributed by atoms with Crippen LogP contribution < -0.4 is 15.5 Å². The van der Waals surface area contributed by atoms with E-state index in [0.717, 1.165) is 71.2 Å². The molecule has 25 heavy (non-hydrogen) atoms. The zero-order valence-corrected chi connectivity index (χ0v) is 16.5. The van der Waals surface area contributed by atoms with Crippen LogP contribution in [0, 0.1) is 0 Å². The summed E-state index contributed by atoms with van der Waals surface area (Å²) in [7, 11) is 0. The van der Waals surface area contributed by atoms with E-state index in [2.05, 4.69) is 32.8 Å². The van der Waals surface area contributed by atoms with Crippen molar-refractivity contribution in [1.82, 2.24) is 15.6 Å². The Balaban J connectivity index is 1.67. The van der Waals surface area contributed by atoms with Crippen molar-refractivity contribution in [3.05, 3.63) is 11.1 Å². The van der Waals surface area contributed by atoms with E-state index in [9.17, 15) is 0 Å². The highest BCUT2D eigenvalue weighted by Gasteiger charge is 2.15. The van der Waals surface area contributed by atoms with Gasteiger partial charge in [0.15, 0.2) is 11.1 Å². The number of thiazole rings is 1. The summed E-state index contributed by atoms with van der Waals surface area (Å²) in [4.78, 5) is 11.8. The summed E-state index contributed by atoms with van der Waals surface area (Å²) in [5, 5.41) is 10.1. The van der Waals surface area contributed by atoms with E-state index in [1.54, 1.807) is 11.3 Å².